The Balaban J connectivity index is 0.000000206. The molecule has 0 bridgehead atoms. The number of carboxylic acid groups (broad SMARTS) is 1. The topological polar surface area (TPSA) is 305 Å². The van der Waals surface area contributed by atoms with Gasteiger partial charge in [-0.1, -0.05) is 31.4 Å². The number of pyridine rings is 3. The van der Waals surface area contributed by atoms with E-state index in [1.165, 1.54) is 66.0 Å². The number of methoxy groups -OCH3 is 4. The molecule has 0 atom stereocenters. The summed E-state index contributed by atoms with van der Waals surface area (Å²) in [4.78, 5) is 77.7. The highest BCUT2D eigenvalue weighted by molar-refractivity contribution is 9.11. The molecule has 0 radical (unpaired) electrons. The van der Waals surface area contributed by atoms with Crippen LogP contribution in [0, 0.1) is 0 Å². The molecule has 0 unspecified atom stereocenters. The van der Waals surface area contributed by atoms with Crippen LogP contribution >= 0.6 is 47.8 Å². The summed E-state index contributed by atoms with van der Waals surface area (Å²) >= 11 is 9.72. The van der Waals surface area contributed by atoms with E-state index in [-0.39, 0.29) is 41.3 Å². The fourth-order valence-electron chi connectivity index (χ4n) is 7.41. The lowest BCUT2D eigenvalue weighted by atomic mass is 9.82. The Kier molecular flexibility index (Phi) is 31.8. The molecule has 496 valence electrons. The van der Waals surface area contributed by atoms with Gasteiger partial charge in [0.15, 0.2) is 0 Å². The van der Waals surface area contributed by atoms with E-state index in [2.05, 4.69) is 94.8 Å². The van der Waals surface area contributed by atoms with Crippen LogP contribution in [-0.4, -0.2) is 125 Å². The van der Waals surface area contributed by atoms with Crippen LogP contribution in [0.3, 0.4) is 0 Å². The van der Waals surface area contributed by atoms with Crippen LogP contribution in [0.1, 0.15) is 97.2 Å². The zero-order valence-electron chi connectivity index (χ0n) is 52.1. The van der Waals surface area contributed by atoms with Crippen molar-refractivity contribution in [2.75, 3.05) is 28.4 Å². The number of ether oxygens (including phenoxy) is 9. The minimum absolute atomic E-state index is 0.0997. The van der Waals surface area contributed by atoms with Crippen LogP contribution in [0.25, 0.3) is 22.3 Å². The summed E-state index contributed by atoms with van der Waals surface area (Å²) in [6.45, 7) is 7.91. The fourth-order valence-corrected chi connectivity index (χ4v) is 8.73. The van der Waals surface area contributed by atoms with Gasteiger partial charge in [0.05, 0.1) is 101 Å². The lowest BCUT2D eigenvalue weighted by Gasteiger charge is -2.12. The Bertz CT molecular complexity index is 3860. The van der Waals surface area contributed by atoms with Gasteiger partial charge < -0.3 is 62.9 Å². The number of phenols is 1. The van der Waals surface area contributed by atoms with Crippen LogP contribution in [0.5, 0.6) is 28.7 Å². The molecule has 0 aliphatic heterocycles. The smallest absolute Gasteiger partial charge is 0.490 e. The lowest BCUT2D eigenvalue weighted by molar-refractivity contribution is -0.135. The maximum atomic E-state index is 11.7. The monoisotopic (exact) mass is 1490 g/mol. The van der Waals surface area contributed by atoms with Gasteiger partial charge in [-0.3, -0.25) is 19.7 Å². The Hall–Kier alpha value is -9.73. The molecule has 5 aromatic carbocycles. The van der Waals surface area contributed by atoms with E-state index >= 15 is 0 Å². The zero-order valence-corrected chi connectivity index (χ0v) is 56.9. The molecule has 3 saturated carbocycles. The zero-order chi connectivity index (χ0) is 69.4. The van der Waals surface area contributed by atoms with Crippen LogP contribution in [0.15, 0.2) is 204 Å². The molecule has 3 aliphatic carbocycles. The number of esters is 5. The van der Waals surface area contributed by atoms with Crippen molar-refractivity contribution in [1.82, 2.24) is 15.0 Å². The predicted octanol–water partition coefficient (Wildman–Crippen LogP) is 13.0. The molecule has 4 N–H and O–H groups in total. The highest BCUT2D eigenvalue weighted by Crippen LogP contribution is 2.38. The normalized spacial score (nSPS) is 11.9. The summed E-state index contributed by atoms with van der Waals surface area (Å²) in [6, 6.07) is 35.6. The number of nitrogens with zero attached hydrogens (tertiary/aromatic N) is 3. The van der Waals surface area contributed by atoms with E-state index in [1.807, 2.05) is 30.3 Å². The number of rotatable bonds is 17. The summed E-state index contributed by atoms with van der Waals surface area (Å²) in [7, 11) is 3.98. The standard InChI is InChI=1S/C16H15NO3.C15H13NO3.C11H11BrO3.C10H9BrO3.C8H7BrO3.C5H6BNO2.C4H6O2/c1-19-16(18)11-4-7-15(20-13-5-6-13)14(9-11)12-3-2-8-17-10-12;17-15(18)10-3-6-14(19-12-4-5-12)13(8-10)11-2-1-7-16-9-11;1-14-11(13)7-2-5-10(9(12)6-7)15-8-3-4-8;1-3-14-9-5-4-7(6-8(9)11)10(12)13-2;1-12-8(11)5-2-3-7(10)6(9)4-5;8-6(9)5-2-1-3-7-4-5;1-3-6-4(2)5/h2-4,7-10,13H,5-6H2,1H3;1-3,6-9,12H,4-5H2,(H,17,18);2,5-6,8H,3-4H2,1H3;3-6H,1H2,2H3;2-4,10H,1H3;1-4,8-9H;3H,1H2,2H3. The highest BCUT2D eigenvalue weighted by Gasteiger charge is 2.27. The molecule has 3 fully saturated rings. The molecule has 0 spiro atoms. The third-order valence-corrected chi connectivity index (χ3v) is 14.4. The summed E-state index contributed by atoms with van der Waals surface area (Å²) in [5.74, 6) is 0.232. The number of hydrogen-bond acceptors (Lipinski definition) is 21. The first-order valence-corrected chi connectivity index (χ1v) is 31.1. The number of carboxylic acids is 1. The molecular weight excluding hydrogens is 1430 g/mol. The Morgan fingerprint density at radius 1 is 0.484 bits per heavy atom. The van der Waals surface area contributed by atoms with E-state index in [1.54, 1.807) is 110 Å². The number of aromatic carboxylic acids is 1. The van der Waals surface area contributed by atoms with Crippen LogP contribution in [-0.2, 0) is 28.5 Å². The number of hydrogen-bond donors (Lipinski definition) is 4. The fraction of sp³-hybridized carbons (Fsp3) is 0.203. The van der Waals surface area contributed by atoms with Crippen molar-refractivity contribution in [2.45, 2.75) is 63.8 Å². The molecule has 0 saturated heterocycles. The van der Waals surface area contributed by atoms with E-state index in [9.17, 15) is 28.8 Å². The molecular formula is C69H67BBr3N3O19. The van der Waals surface area contributed by atoms with Gasteiger partial charge in [0.2, 0.25) is 0 Å². The Morgan fingerprint density at radius 3 is 1.17 bits per heavy atom. The van der Waals surface area contributed by atoms with Gasteiger partial charge >= 0.3 is 42.9 Å². The second-order valence-corrected chi connectivity index (χ2v) is 22.4. The molecule has 8 aromatic rings. The van der Waals surface area contributed by atoms with Crippen LogP contribution in [0.2, 0.25) is 0 Å². The second-order valence-electron chi connectivity index (χ2n) is 19.8. The molecule has 26 heteroatoms. The largest absolute Gasteiger partial charge is 0.507 e. The van der Waals surface area contributed by atoms with Gasteiger partial charge in [0, 0.05) is 71.8 Å². The van der Waals surface area contributed by atoms with Crippen molar-refractivity contribution in [2.24, 2.45) is 0 Å². The van der Waals surface area contributed by atoms with E-state index < -0.39 is 19.1 Å². The first-order valence-electron chi connectivity index (χ1n) is 28.7. The summed E-state index contributed by atoms with van der Waals surface area (Å²) in [5.41, 5.74) is 6.00. The van der Waals surface area contributed by atoms with E-state index in [4.69, 9.17) is 43.9 Å². The summed E-state index contributed by atoms with van der Waals surface area (Å²) in [6.07, 6.45) is 19.7. The second kappa shape index (κ2) is 39.7. The Labute approximate surface area is 574 Å². The maximum absolute atomic E-state index is 11.7. The van der Waals surface area contributed by atoms with Crippen molar-refractivity contribution >= 4 is 96.2 Å². The predicted molar refractivity (Wildman–Crippen MR) is 364 cm³/mol. The maximum Gasteiger partial charge on any atom is 0.490 e. The quantitative estimate of drug-likeness (QED) is 0.0285. The van der Waals surface area contributed by atoms with Crippen molar-refractivity contribution in [3.63, 3.8) is 0 Å². The van der Waals surface area contributed by atoms with E-state index in [0.717, 1.165) is 88.8 Å². The summed E-state index contributed by atoms with van der Waals surface area (Å²) < 4.78 is 47.0. The first-order chi connectivity index (χ1) is 45.6. The SMILES string of the molecule is C=COC(C)=O.C=COc1ccc(C(=O)OC)cc1Br.COC(=O)c1ccc(O)c(Br)c1.COC(=O)c1ccc(OC2CC2)c(-c2cccnc2)c1.COC(=O)c1ccc(OC2CC2)c(Br)c1.O=C(O)c1ccc(OC2CC2)c(-c2cccnc2)c1.OB(O)c1cccnc1. The molecule has 95 heavy (non-hydrogen) atoms. The number of aromatic hydroxyl groups is 1. The van der Waals surface area contributed by atoms with Crippen molar-refractivity contribution < 1.29 is 91.7 Å². The van der Waals surface area contributed by atoms with Gasteiger partial charge in [0.1, 0.15) is 28.7 Å². The minimum atomic E-state index is -1.40. The molecule has 3 heterocycles. The van der Waals surface area contributed by atoms with Crippen molar-refractivity contribution in [3.8, 4) is 51.0 Å². The van der Waals surface area contributed by atoms with Gasteiger partial charge in [0.25, 0.3) is 0 Å². The number of benzene rings is 5. The highest BCUT2D eigenvalue weighted by atomic mass is 79.9. The molecule has 3 aliphatic rings. The average molecular weight is 1490 g/mol. The third-order valence-electron chi connectivity index (χ3n) is 12.5. The van der Waals surface area contributed by atoms with Crippen LogP contribution in [0.4, 0.5) is 0 Å². The number of carbonyl (C=O) groups is 6. The average Bonchev–Trinajstić information content (AvgIpc) is 1.80. The van der Waals surface area contributed by atoms with Crippen LogP contribution < -0.4 is 24.4 Å². The lowest BCUT2D eigenvalue weighted by Crippen LogP contribution is -2.29. The molecule has 22 nitrogen and oxygen atoms in total. The number of carbonyl (C=O) groups excluding carboxylic acids is 5. The third kappa shape index (κ3) is 26.7. The van der Waals surface area contributed by atoms with Gasteiger partial charge in [-0.05, 0) is 196 Å². The molecule has 0 amide bonds. The number of phenolic OH excluding ortho intramolecular Hbond substituents is 1. The number of halogens is 3. The van der Waals surface area contributed by atoms with Gasteiger partial charge in [-0.25, -0.2) is 24.0 Å². The summed E-state index contributed by atoms with van der Waals surface area (Å²) in [5, 5.41) is 35.3. The van der Waals surface area contributed by atoms with Crippen molar-refractivity contribution in [1.29, 1.82) is 0 Å². The minimum Gasteiger partial charge on any atom is -0.507 e. The molecule has 3 aromatic heterocycles. The van der Waals surface area contributed by atoms with Gasteiger partial charge in [-0.2, -0.15) is 0 Å². The van der Waals surface area contributed by atoms with E-state index in [0.29, 0.717) is 54.6 Å². The van der Waals surface area contributed by atoms with Gasteiger partial charge in [-0.15, -0.1) is 0 Å². The molecule has 11 rings (SSSR count). The first kappa shape index (κ1) is 76.0. The van der Waals surface area contributed by atoms with Crippen molar-refractivity contribution in [3.05, 3.63) is 231 Å². The number of aromatic nitrogens is 3. The Morgan fingerprint density at radius 2 is 0.853 bits per heavy atom.